The van der Waals surface area contributed by atoms with E-state index in [0.717, 1.165) is 70.2 Å². The van der Waals surface area contributed by atoms with E-state index in [2.05, 4.69) is 68.5 Å². The van der Waals surface area contributed by atoms with Crippen molar-refractivity contribution in [3.8, 4) is 34.3 Å². The van der Waals surface area contributed by atoms with Gasteiger partial charge < -0.3 is 19.4 Å². The van der Waals surface area contributed by atoms with E-state index < -0.39 is 0 Å². The third-order valence-electron chi connectivity index (χ3n) is 7.48. The highest BCUT2D eigenvalue weighted by molar-refractivity contribution is 6.07. The lowest BCUT2D eigenvalue weighted by Crippen LogP contribution is -2.02. The van der Waals surface area contributed by atoms with Crippen molar-refractivity contribution in [1.82, 2.24) is 19.9 Å². The van der Waals surface area contributed by atoms with Crippen LogP contribution in [-0.4, -0.2) is 38.9 Å². The molecule has 2 aliphatic heterocycles. The number of fused-ring (bicyclic) bond motifs is 4. The molecule has 0 saturated carbocycles. The molecule has 38 heavy (non-hydrogen) atoms. The van der Waals surface area contributed by atoms with E-state index in [9.17, 15) is 4.79 Å². The number of ketones is 1. The van der Waals surface area contributed by atoms with Crippen LogP contribution in [0.4, 0.5) is 0 Å². The van der Waals surface area contributed by atoms with Crippen LogP contribution in [0.1, 0.15) is 27.3 Å². The van der Waals surface area contributed by atoms with E-state index in [0.29, 0.717) is 23.0 Å². The first-order chi connectivity index (χ1) is 18.7. The van der Waals surface area contributed by atoms with E-state index in [-0.39, 0.29) is 5.78 Å². The molecule has 4 heterocycles. The number of carbonyl (C=O) groups is 1. The van der Waals surface area contributed by atoms with E-state index in [1.165, 1.54) is 11.1 Å². The first-order valence-corrected chi connectivity index (χ1v) is 12.7. The number of nitrogens with one attached hydrogen (secondary N) is 2. The van der Waals surface area contributed by atoms with Gasteiger partial charge in [-0.3, -0.25) is 4.79 Å². The predicted molar refractivity (Wildman–Crippen MR) is 145 cm³/mol. The minimum absolute atomic E-state index is 0.186. The molecule has 2 aliphatic rings. The molecular weight excluding hydrogens is 476 g/mol. The molecule has 0 atom stereocenters. The molecule has 0 saturated heterocycles. The van der Waals surface area contributed by atoms with Gasteiger partial charge in [0.25, 0.3) is 0 Å². The Morgan fingerprint density at radius 2 is 1.13 bits per heavy atom. The summed E-state index contributed by atoms with van der Waals surface area (Å²) in [4.78, 5) is 28.6. The number of ether oxygens (including phenoxy) is 2. The van der Waals surface area contributed by atoms with Gasteiger partial charge in [-0.05, 0) is 69.1 Å². The van der Waals surface area contributed by atoms with E-state index in [1.54, 1.807) is 12.4 Å². The predicted octanol–water partition coefficient (Wildman–Crippen LogP) is 5.87. The van der Waals surface area contributed by atoms with Crippen LogP contribution in [0.3, 0.4) is 0 Å². The van der Waals surface area contributed by atoms with Gasteiger partial charge in [-0.1, -0.05) is 24.3 Å². The number of aromatic nitrogens is 4. The average molecular weight is 499 g/mol. The normalized spacial score (nSPS) is 13.9. The van der Waals surface area contributed by atoms with Crippen LogP contribution in [0.2, 0.25) is 0 Å². The van der Waals surface area contributed by atoms with Gasteiger partial charge in [-0.15, -0.1) is 0 Å². The number of benzene rings is 4. The second kappa shape index (κ2) is 8.05. The first kappa shape index (κ1) is 21.2. The Hall–Kier alpha value is -4.91. The topological polar surface area (TPSA) is 92.9 Å². The number of H-pyrrole nitrogens is 2. The molecule has 7 heteroatoms. The fourth-order valence-electron chi connectivity index (χ4n) is 5.46. The monoisotopic (exact) mass is 498 g/mol. The van der Waals surface area contributed by atoms with Crippen molar-refractivity contribution in [2.24, 2.45) is 0 Å². The Bertz CT molecular complexity index is 1780. The van der Waals surface area contributed by atoms with Crippen molar-refractivity contribution >= 4 is 27.3 Å². The molecule has 2 aromatic heterocycles. The van der Waals surface area contributed by atoms with Gasteiger partial charge in [0, 0.05) is 24.0 Å². The number of carbonyl (C=O) groups excluding carboxylic acids is 1. The summed E-state index contributed by atoms with van der Waals surface area (Å²) in [6, 6.07) is 20.8. The van der Waals surface area contributed by atoms with Gasteiger partial charge in [-0.25, -0.2) is 9.97 Å². The summed E-state index contributed by atoms with van der Waals surface area (Å²) in [5.74, 6) is 3.05. The van der Waals surface area contributed by atoms with E-state index >= 15 is 0 Å². The molecule has 0 fully saturated rings. The molecule has 6 aromatic rings. The highest BCUT2D eigenvalue weighted by atomic mass is 16.5. The number of imidazole rings is 2. The number of hydrogen-bond acceptors (Lipinski definition) is 5. The van der Waals surface area contributed by atoms with Gasteiger partial charge in [0.15, 0.2) is 0 Å². The fourth-order valence-corrected chi connectivity index (χ4v) is 5.46. The molecule has 0 bridgehead atoms. The molecule has 0 radical (unpaired) electrons. The molecule has 0 spiro atoms. The van der Waals surface area contributed by atoms with Crippen LogP contribution < -0.4 is 9.47 Å². The van der Waals surface area contributed by atoms with Crippen molar-refractivity contribution in [3.63, 3.8) is 0 Å². The zero-order chi connectivity index (χ0) is 25.2. The molecule has 0 aliphatic carbocycles. The van der Waals surface area contributed by atoms with Crippen LogP contribution in [0.15, 0.2) is 73.1 Å². The molecule has 4 aromatic carbocycles. The Morgan fingerprint density at radius 3 is 1.63 bits per heavy atom. The highest BCUT2D eigenvalue weighted by Crippen LogP contribution is 2.34. The van der Waals surface area contributed by atoms with Gasteiger partial charge in [0.1, 0.15) is 34.5 Å². The van der Waals surface area contributed by atoms with Gasteiger partial charge in [0.05, 0.1) is 25.6 Å². The van der Waals surface area contributed by atoms with Crippen molar-refractivity contribution in [2.75, 3.05) is 13.2 Å². The summed E-state index contributed by atoms with van der Waals surface area (Å²) < 4.78 is 11.4. The average Bonchev–Trinajstić information content (AvgIpc) is 3.76. The largest absolute Gasteiger partial charge is 0.493 e. The summed E-state index contributed by atoms with van der Waals surface area (Å²) in [6.45, 7) is 1.46. The summed E-state index contributed by atoms with van der Waals surface area (Å²) in [6.07, 6.45) is 5.02. The van der Waals surface area contributed by atoms with Gasteiger partial charge >= 0.3 is 0 Å². The van der Waals surface area contributed by atoms with Crippen LogP contribution in [0.5, 0.6) is 11.5 Å². The number of rotatable bonds is 4. The third kappa shape index (κ3) is 3.39. The zero-order valence-corrected chi connectivity index (χ0v) is 20.4. The van der Waals surface area contributed by atoms with E-state index in [4.69, 9.17) is 9.47 Å². The Morgan fingerprint density at radius 1 is 0.632 bits per heavy atom. The molecule has 0 amide bonds. The summed E-state index contributed by atoms with van der Waals surface area (Å²) in [5.41, 5.74) is 5.12. The smallest absolute Gasteiger partial charge is 0.228 e. The van der Waals surface area contributed by atoms with Crippen molar-refractivity contribution in [2.45, 2.75) is 12.8 Å². The van der Waals surface area contributed by atoms with Crippen LogP contribution in [-0.2, 0) is 12.8 Å². The summed E-state index contributed by atoms with van der Waals surface area (Å²) >= 11 is 0. The summed E-state index contributed by atoms with van der Waals surface area (Å²) in [5, 5.41) is 4.49. The molecule has 2 N–H and O–H groups in total. The summed E-state index contributed by atoms with van der Waals surface area (Å²) in [7, 11) is 0. The quantitative estimate of drug-likeness (QED) is 0.296. The highest BCUT2D eigenvalue weighted by Gasteiger charge is 2.18. The lowest BCUT2D eigenvalue weighted by Gasteiger charge is -2.05. The number of hydrogen-bond donors (Lipinski definition) is 2. The third-order valence-corrected chi connectivity index (χ3v) is 7.48. The Labute approximate surface area is 217 Å². The number of aromatic amines is 2. The van der Waals surface area contributed by atoms with Crippen molar-refractivity contribution in [3.05, 3.63) is 95.6 Å². The van der Waals surface area contributed by atoms with Crippen molar-refractivity contribution < 1.29 is 14.3 Å². The first-order valence-electron chi connectivity index (χ1n) is 12.7. The van der Waals surface area contributed by atoms with E-state index in [1.807, 2.05) is 12.1 Å². The lowest BCUT2D eigenvalue weighted by atomic mass is 10.0. The SMILES string of the molecule is O=C(c1cnc(-c2ccc3cc4c(cc3c2)CCO4)[nH]1)c1cnc(-c2ccc3cc4c(cc3c2)CCO4)[nH]1. The molecule has 8 rings (SSSR count). The fraction of sp³-hybridized carbons (Fsp3) is 0.129. The lowest BCUT2D eigenvalue weighted by molar-refractivity contribution is 0.103. The standard InChI is InChI=1S/C31H22N4O3/c36-29(25-15-32-30(34-25)21-3-1-17-13-27-19(5-7-37-27)9-23(17)11-21)26-16-33-31(35-26)22-4-2-18-14-28-20(6-8-38-28)10-24(18)12-22/h1-4,9-16H,5-8H2,(H,32,34)(H,33,35). The maximum absolute atomic E-state index is 13.2. The molecule has 184 valence electrons. The van der Waals surface area contributed by atoms with Crippen LogP contribution in [0, 0.1) is 0 Å². The van der Waals surface area contributed by atoms with Gasteiger partial charge in [0.2, 0.25) is 5.78 Å². The second-order valence-corrected chi connectivity index (χ2v) is 9.86. The number of nitrogens with zero attached hydrogens (tertiary/aromatic N) is 2. The molecule has 0 unspecified atom stereocenters. The van der Waals surface area contributed by atoms with Gasteiger partial charge in [-0.2, -0.15) is 0 Å². The Kier molecular flexibility index (Phi) is 4.49. The van der Waals surface area contributed by atoms with Crippen molar-refractivity contribution in [1.29, 1.82) is 0 Å². The Balaban J connectivity index is 1.07. The minimum Gasteiger partial charge on any atom is -0.493 e. The maximum Gasteiger partial charge on any atom is 0.228 e. The minimum atomic E-state index is -0.186. The van der Waals surface area contributed by atoms with Crippen LogP contribution in [0.25, 0.3) is 44.3 Å². The maximum atomic E-state index is 13.2. The van der Waals surface area contributed by atoms with Crippen LogP contribution >= 0.6 is 0 Å². The second-order valence-electron chi connectivity index (χ2n) is 9.86. The zero-order valence-electron chi connectivity index (χ0n) is 20.4. The molecular formula is C31H22N4O3. The molecule has 7 nitrogen and oxygen atoms in total.